The topological polar surface area (TPSA) is 69.6 Å². The lowest BCUT2D eigenvalue weighted by Crippen LogP contribution is -2.58. The molecule has 2 aliphatic carbocycles. The molecule has 0 unspecified atom stereocenters. The summed E-state index contributed by atoms with van der Waals surface area (Å²) in [4.78, 5) is 12.3. The van der Waals surface area contributed by atoms with Gasteiger partial charge in [-0.25, -0.2) is 0 Å². The molecule has 3 N–H and O–H groups in total. The molecule has 136 valence electrons. The first-order valence-electron chi connectivity index (χ1n) is 9.44. The van der Waals surface area contributed by atoms with E-state index in [1.807, 2.05) is 6.07 Å². The first-order chi connectivity index (χ1) is 11.6. The fourth-order valence-electron chi connectivity index (χ4n) is 6.81. The Morgan fingerprint density at radius 3 is 2.52 bits per heavy atom. The van der Waals surface area contributed by atoms with Crippen LogP contribution >= 0.6 is 0 Å². The van der Waals surface area contributed by atoms with Crippen LogP contribution in [0.2, 0.25) is 0 Å². The van der Waals surface area contributed by atoms with E-state index >= 15 is 0 Å². The third-order valence-corrected chi connectivity index (χ3v) is 7.72. The van der Waals surface area contributed by atoms with Gasteiger partial charge in [0.05, 0.1) is 0 Å². The molecule has 1 amide bonds. The van der Waals surface area contributed by atoms with Gasteiger partial charge < -0.3 is 15.5 Å². The van der Waals surface area contributed by atoms with Crippen molar-refractivity contribution in [2.75, 3.05) is 0 Å². The van der Waals surface area contributed by atoms with Gasteiger partial charge in [0.2, 0.25) is 5.91 Å². The Kier molecular flexibility index (Phi) is 3.30. The van der Waals surface area contributed by atoms with Crippen LogP contribution in [-0.4, -0.2) is 21.7 Å². The molecule has 1 saturated carbocycles. The summed E-state index contributed by atoms with van der Waals surface area (Å²) in [6.45, 7) is 8.94. The Bertz CT molecular complexity index is 756. The van der Waals surface area contributed by atoms with E-state index < -0.39 is 0 Å². The van der Waals surface area contributed by atoms with E-state index in [2.05, 4.69) is 33.0 Å². The number of nitrogens with one attached hydrogen (secondary N) is 1. The standard InChI is InChI=1S/C21H29NO3/c1-19(2)15-5-7-21(4)16(20(15,3)8-6-17(25)22-19)10-12-9-13(23)11-14(24)18(12)21/h9,11,15-16,23-24H,5-8,10H2,1-4H3,(H,22,25)/t15-,16+,20-,21+/m1/s1. The predicted octanol–water partition coefficient (Wildman–Crippen LogP) is 3.63. The van der Waals surface area contributed by atoms with Crippen LogP contribution in [0.4, 0.5) is 0 Å². The Labute approximate surface area is 149 Å². The maximum absolute atomic E-state index is 12.3. The summed E-state index contributed by atoms with van der Waals surface area (Å²) in [5.74, 6) is 1.30. The number of rotatable bonds is 0. The molecule has 0 bridgehead atoms. The van der Waals surface area contributed by atoms with E-state index in [1.54, 1.807) is 0 Å². The van der Waals surface area contributed by atoms with Crippen molar-refractivity contribution in [3.8, 4) is 11.5 Å². The third kappa shape index (κ3) is 2.15. The average Bonchev–Trinajstić information content (AvgIpc) is 2.74. The van der Waals surface area contributed by atoms with Crippen molar-refractivity contribution < 1.29 is 15.0 Å². The summed E-state index contributed by atoms with van der Waals surface area (Å²) >= 11 is 0. The summed E-state index contributed by atoms with van der Waals surface area (Å²) in [6.07, 6.45) is 4.36. The normalized spacial score (nSPS) is 39.0. The van der Waals surface area contributed by atoms with Crippen LogP contribution < -0.4 is 5.32 Å². The van der Waals surface area contributed by atoms with Gasteiger partial charge in [-0.2, -0.15) is 0 Å². The second kappa shape index (κ2) is 4.93. The van der Waals surface area contributed by atoms with Crippen molar-refractivity contribution in [2.24, 2.45) is 17.3 Å². The van der Waals surface area contributed by atoms with E-state index in [0.29, 0.717) is 18.3 Å². The molecule has 4 nitrogen and oxygen atoms in total. The lowest BCUT2D eigenvalue weighted by molar-refractivity contribution is -0.122. The van der Waals surface area contributed by atoms with E-state index in [9.17, 15) is 15.0 Å². The van der Waals surface area contributed by atoms with Crippen molar-refractivity contribution in [1.82, 2.24) is 5.32 Å². The van der Waals surface area contributed by atoms with E-state index in [-0.39, 0.29) is 33.8 Å². The van der Waals surface area contributed by atoms with Crippen molar-refractivity contribution in [2.45, 2.75) is 70.8 Å². The molecule has 0 aromatic heterocycles. The van der Waals surface area contributed by atoms with Gasteiger partial charge in [0, 0.05) is 29.0 Å². The first-order valence-corrected chi connectivity index (χ1v) is 9.44. The molecule has 1 saturated heterocycles. The fraction of sp³-hybridized carbons (Fsp3) is 0.667. The smallest absolute Gasteiger partial charge is 0.220 e. The number of carbonyl (C=O) groups is 1. The van der Waals surface area contributed by atoms with Crippen molar-refractivity contribution in [3.05, 3.63) is 23.3 Å². The minimum Gasteiger partial charge on any atom is -0.508 e. The van der Waals surface area contributed by atoms with Gasteiger partial charge in [-0.3, -0.25) is 4.79 Å². The predicted molar refractivity (Wildman–Crippen MR) is 96.6 cm³/mol. The highest BCUT2D eigenvalue weighted by Crippen LogP contribution is 2.65. The van der Waals surface area contributed by atoms with E-state index in [4.69, 9.17) is 0 Å². The van der Waals surface area contributed by atoms with Crippen molar-refractivity contribution in [3.63, 3.8) is 0 Å². The highest BCUT2D eigenvalue weighted by molar-refractivity contribution is 5.77. The molecule has 4 rings (SSSR count). The molecular weight excluding hydrogens is 314 g/mol. The van der Waals surface area contributed by atoms with Gasteiger partial charge in [0.1, 0.15) is 11.5 Å². The molecule has 4 heteroatoms. The summed E-state index contributed by atoms with van der Waals surface area (Å²) in [5, 5.41) is 23.8. The number of phenolic OH excluding ortho intramolecular Hbond substituents is 2. The lowest BCUT2D eigenvalue weighted by Gasteiger charge is -2.57. The number of amides is 1. The lowest BCUT2D eigenvalue weighted by atomic mass is 9.48. The summed E-state index contributed by atoms with van der Waals surface area (Å²) in [6, 6.07) is 3.30. The molecule has 1 aromatic carbocycles. The maximum atomic E-state index is 12.3. The molecule has 4 atom stereocenters. The maximum Gasteiger partial charge on any atom is 0.220 e. The van der Waals surface area contributed by atoms with E-state index in [1.165, 1.54) is 6.07 Å². The zero-order valence-corrected chi connectivity index (χ0v) is 15.6. The number of phenols is 2. The van der Waals surface area contributed by atoms with Gasteiger partial charge in [-0.15, -0.1) is 0 Å². The van der Waals surface area contributed by atoms with Crippen LogP contribution in [0.3, 0.4) is 0 Å². The van der Waals surface area contributed by atoms with Gasteiger partial charge in [-0.05, 0) is 68.4 Å². The van der Waals surface area contributed by atoms with Gasteiger partial charge >= 0.3 is 0 Å². The minimum absolute atomic E-state index is 0.0245. The number of fused-ring (bicyclic) bond motifs is 5. The highest BCUT2D eigenvalue weighted by atomic mass is 16.3. The Hall–Kier alpha value is -1.71. The van der Waals surface area contributed by atoms with Gasteiger partial charge in [0.25, 0.3) is 0 Å². The van der Waals surface area contributed by atoms with Gasteiger partial charge in [-0.1, -0.05) is 13.8 Å². The quantitative estimate of drug-likeness (QED) is 0.674. The zero-order valence-electron chi connectivity index (χ0n) is 15.6. The summed E-state index contributed by atoms with van der Waals surface area (Å²) < 4.78 is 0. The minimum atomic E-state index is -0.220. The van der Waals surface area contributed by atoms with Gasteiger partial charge in [0.15, 0.2) is 0 Å². The number of carbonyl (C=O) groups excluding carboxylic acids is 1. The van der Waals surface area contributed by atoms with Crippen LogP contribution in [-0.2, 0) is 16.6 Å². The third-order valence-electron chi connectivity index (χ3n) is 7.72. The molecule has 25 heavy (non-hydrogen) atoms. The fourth-order valence-corrected chi connectivity index (χ4v) is 6.81. The Balaban J connectivity index is 1.85. The molecule has 1 aromatic rings. The number of hydrogen-bond acceptors (Lipinski definition) is 3. The van der Waals surface area contributed by atoms with Crippen LogP contribution in [0.5, 0.6) is 11.5 Å². The molecule has 3 aliphatic rings. The molecule has 0 radical (unpaired) electrons. The molecule has 2 fully saturated rings. The first kappa shape index (κ1) is 16.7. The SMILES string of the molecule is CC1(C)NC(=O)CC[C@]2(C)[C@@H]1CC[C@]1(C)c3c(O)cc(O)cc3C[C@@H]21. The zero-order chi connectivity index (χ0) is 18.2. The van der Waals surface area contributed by atoms with Crippen LogP contribution in [0.15, 0.2) is 12.1 Å². The van der Waals surface area contributed by atoms with Crippen LogP contribution in [0.25, 0.3) is 0 Å². The van der Waals surface area contributed by atoms with Crippen LogP contribution in [0, 0.1) is 17.3 Å². The van der Waals surface area contributed by atoms with Crippen LogP contribution in [0.1, 0.15) is 64.5 Å². The molecule has 1 aliphatic heterocycles. The number of benzene rings is 1. The number of hydrogen-bond donors (Lipinski definition) is 3. The second-order valence-corrected chi connectivity index (χ2v) is 9.54. The molecule has 1 heterocycles. The van der Waals surface area contributed by atoms with Crippen molar-refractivity contribution >= 4 is 5.91 Å². The Morgan fingerprint density at radius 2 is 1.80 bits per heavy atom. The van der Waals surface area contributed by atoms with Crippen molar-refractivity contribution in [1.29, 1.82) is 0 Å². The summed E-state index contributed by atoms with van der Waals surface area (Å²) in [5.41, 5.74) is 1.81. The monoisotopic (exact) mass is 343 g/mol. The molecule has 0 spiro atoms. The van der Waals surface area contributed by atoms with E-state index in [0.717, 1.165) is 36.8 Å². The number of aromatic hydroxyl groups is 2. The Morgan fingerprint density at radius 1 is 1.08 bits per heavy atom. The second-order valence-electron chi connectivity index (χ2n) is 9.54. The summed E-state index contributed by atoms with van der Waals surface area (Å²) in [7, 11) is 0. The average molecular weight is 343 g/mol. The molecular formula is C21H29NO3. The highest BCUT2D eigenvalue weighted by Gasteiger charge is 2.61. The largest absolute Gasteiger partial charge is 0.508 e.